The summed E-state index contributed by atoms with van der Waals surface area (Å²) in [6.45, 7) is 7.81. The van der Waals surface area contributed by atoms with E-state index in [4.69, 9.17) is 8.83 Å². The second-order valence-electron chi connectivity index (χ2n) is 10.5. The van der Waals surface area contributed by atoms with Crippen LogP contribution in [0, 0.1) is 10.8 Å². The quantitative estimate of drug-likeness (QED) is 0.438. The molecule has 2 heterocycles. The van der Waals surface area contributed by atoms with E-state index in [9.17, 15) is 29.4 Å². The van der Waals surface area contributed by atoms with Crippen LogP contribution >= 0.6 is 0 Å². The van der Waals surface area contributed by atoms with Gasteiger partial charge in [-0.15, -0.1) is 0 Å². The van der Waals surface area contributed by atoms with Crippen molar-refractivity contribution in [3.05, 3.63) is 56.6 Å². The fourth-order valence-corrected chi connectivity index (χ4v) is 3.76. The molecule has 34 heavy (non-hydrogen) atoms. The molecule has 0 fully saturated rings. The minimum atomic E-state index is -0.500. The predicted octanol–water partition coefficient (Wildman–Crippen LogP) is 4.32. The minimum Gasteiger partial charge on any atom is -0.502 e. The van der Waals surface area contributed by atoms with E-state index in [1.165, 1.54) is 12.3 Å². The van der Waals surface area contributed by atoms with Crippen molar-refractivity contribution in [3.8, 4) is 11.5 Å². The smallest absolute Gasteiger partial charge is 0.229 e. The number of carbonyl (C=O) groups excluding carboxylic acids is 2. The molecule has 0 amide bonds. The Morgan fingerprint density at radius 1 is 0.794 bits per heavy atom. The lowest BCUT2D eigenvalue weighted by Crippen LogP contribution is -2.21. The topological polar surface area (TPSA) is 135 Å². The third-order valence-corrected chi connectivity index (χ3v) is 5.95. The summed E-state index contributed by atoms with van der Waals surface area (Å²) in [7, 11) is 0. The monoisotopic (exact) mass is 474 g/mol. The van der Waals surface area contributed by atoms with Crippen LogP contribution in [0.15, 0.2) is 43.3 Å². The Labute approximate surface area is 198 Å². The fraction of sp³-hybridized carbons (Fsp3) is 0.538. The van der Waals surface area contributed by atoms with E-state index in [0.29, 0.717) is 49.8 Å². The first-order chi connectivity index (χ1) is 15.8. The van der Waals surface area contributed by atoms with Crippen LogP contribution in [0.5, 0.6) is 11.5 Å². The summed E-state index contributed by atoms with van der Waals surface area (Å²) in [6, 6.07) is 1.26. The van der Waals surface area contributed by atoms with Crippen molar-refractivity contribution in [2.45, 2.75) is 79.1 Å². The van der Waals surface area contributed by atoms with Gasteiger partial charge in [-0.1, -0.05) is 27.7 Å². The highest BCUT2D eigenvalue weighted by Gasteiger charge is 2.24. The number of carbonyl (C=O) groups is 2. The highest BCUT2D eigenvalue weighted by Crippen LogP contribution is 2.29. The average Bonchev–Trinajstić information content (AvgIpc) is 2.75. The summed E-state index contributed by atoms with van der Waals surface area (Å²) in [5.74, 6) is -0.422. The first kappa shape index (κ1) is 27.1. The SMILES string of the molecule is CC(C)(CCC(=O)CCC(=O)CCC(C)(C)Cc1cocc(O)c1=O)Cc1cc(=O)c(O)co1. The van der Waals surface area contributed by atoms with Crippen molar-refractivity contribution in [1.82, 2.24) is 0 Å². The van der Waals surface area contributed by atoms with Gasteiger partial charge in [-0.05, 0) is 30.1 Å². The van der Waals surface area contributed by atoms with Crippen molar-refractivity contribution in [2.75, 3.05) is 0 Å². The minimum absolute atomic E-state index is 0.00483. The number of aromatic hydroxyl groups is 2. The Balaban J connectivity index is 1.75. The van der Waals surface area contributed by atoms with Gasteiger partial charge >= 0.3 is 0 Å². The van der Waals surface area contributed by atoms with Gasteiger partial charge in [0, 0.05) is 43.7 Å². The first-order valence-corrected chi connectivity index (χ1v) is 11.4. The van der Waals surface area contributed by atoms with Gasteiger partial charge in [0.2, 0.25) is 10.9 Å². The standard InChI is InChI=1S/C26H34O8/c1-25(2,12-17-14-33-15-23(31)24(17)32)9-7-18(27)5-6-19(28)8-10-26(3,4)13-20-11-21(29)22(30)16-34-20/h11,14-16,30-31H,5-10,12-13H2,1-4H3. The Morgan fingerprint density at radius 3 is 1.91 bits per heavy atom. The molecule has 0 bridgehead atoms. The zero-order valence-electron chi connectivity index (χ0n) is 20.3. The Bertz CT molecular complexity index is 1120. The van der Waals surface area contributed by atoms with Crippen LogP contribution in [-0.4, -0.2) is 21.8 Å². The van der Waals surface area contributed by atoms with Crippen molar-refractivity contribution in [2.24, 2.45) is 10.8 Å². The van der Waals surface area contributed by atoms with Crippen molar-refractivity contribution in [1.29, 1.82) is 0 Å². The molecule has 0 atom stereocenters. The van der Waals surface area contributed by atoms with E-state index in [1.54, 1.807) is 0 Å². The molecule has 0 aliphatic carbocycles. The van der Waals surface area contributed by atoms with E-state index >= 15 is 0 Å². The Kier molecular flexibility index (Phi) is 9.01. The van der Waals surface area contributed by atoms with Crippen molar-refractivity contribution >= 4 is 11.6 Å². The van der Waals surface area contributed by atoms with E-state index in [-0.39, 0.29) is 35.2 Å². The molecule has 2 rings (SSSR count). The van der Waals surface area contributed by atoms with Crippen molar-refractivity contribution < 1.29 is 28.6 Å². The van der Waals surface area contributed by atoms with Crippen LogP contribution in [0.1, 0.15) is 77.5 Å². The molecule has 0 aromatic carbocycles. The summed E-state index contributed by atoms with van der Waals surface area (Å²) in [6.07, 6.45) is 6.24. The Morgan fingerprint density at radius 2 is 1.35 bits per heavy atom. The lowest BCUT2D eigenvalue weighted by Gasteiger charge is -2.24. The van der Waals surface area contributed by atoms with Crippen LogP contribution in [0.4, 0.5) is 0 Å². The van der Waals surface area contributed by atoms with Crippen LogP contribution in [0.3, 0.4) is 0 Å². The van der Waals surface area contributed by atoms with Crippen LogP contribution in [0.2, 0.25) is 0 Å². The summed E-state index contributed by atoms with van der Waals surface area (Å²) >= 11 is 0. The van der Waals surface area contributed by atoms with E-state index in [2.05, 4.69) is 0 Å². The highest BCUT2D eigenvalue weighted by atomic mass is 16.4. The number of hydrogen-bond acceptors (Lipinski definition) is 8. The summed E-state index contributed by atoms with van der Waals surface area (Å²) in [5, 5.41) is 18.8. The third-order valence-electron chi connectivity index (χ3n) is 5.95. The molecule has 2 N–H and O–H groups in total. The molecular weight excluding hydrogens is 440 g/mol. The van der Waals surface area contributed by atoms with Gasteiger partial charge in [-0.2, -0.15) is 0 Å². The van der Waals surface area contributed by atoms with Crippen LogP contribution in [0.25, 0.3) is 0 Å². The summed E-state index contributed by atoms with van der Waals surface area (Å²) < 4.78 is 10.2. The molecule has 8 heteroatoms. The van der Waals surface area contributed by atoms with Gasteiger partial charge < -0.3 is 19.0 Å². The molecule has 2 aromatic heterocycles. The van der Waals surface area contributed by atoms with E-state index in [1.807, 2.05) is 27.7 Å². The van der Waals surface area contributed by atoms with Gasteiger partial charge in [0.05, 0.1) is 6.26 Å². The molecule has 0 spiro atoms. The molecule has 2 aromatic rings. The van der Waals surface area contributed by atoms with Crippen LogP contribution in [-0.2, 0) is 22.4 Å². The molecule has 186 valence electrons. The second kappa shape index (κ2) is 11.3. The predicted molar refractivity (Wildman–Crippen MR) is 126 cm³/mol. The summed E-state index contributed by atoms with van der Waals surface area (Å²) in [5.41, 5.74) is -1.25. The molecule has 0 unspecified atom stereocenters. The Hall–Kier alpha value is -3.16. The highest BCUT2D eigenvalue weighted by molar-refractivity contribution is 5.86. The maximum absolute atomic E-state index is 12.3. The fourth-order valence-electron chi connectivity index (χ4n) is 3.76. The van der Waals surface area contributed by atoms with E-state index in [0.717, 1.165) is 12.5 Å². The van der Waals surface area contributed by atoms with Crippen LogP contribution < -0.4 is 10.9 Å². The lowest BCUT2D eigenvalue weighted by atomic mass is 9.81. The maximum atomic E-state index is 12.3. The number of ketones is 2. The third kappa shape index (κ3) is 8.65. The zero-order chi connectivity index (χ0) is 25.5. The average molecular weight is 475 g/mol. The van der Waals surface area contributed by atoms with Gasteiger partial charge in [0.25, 0.3) is 0 Å². The molecule has 0 saturated carbocycles. The molecule has 0 radical (unpaired) electrons. The summed E-state index contributed by atoms with van der Waals surface area (Å²) in [4.78, 5) is 48.2. The zero-order valence-corrected chi connectivity index (χ0v) is 20.3. The maximum Gasteiger partial charge on any atom is 0.229 e. The number of hydrogen-bond donors (Lipinski definition) is 2. The van der Waals surface area contributed by atoms with Gasteiger partial charge in [-0.3, -0.25) is 19.2 Å². The van der Waals surface area contributed by atoms with Gasteiger partial charge in [0.15, 0.2) is 11.5 Å². The lowest BCUT2D eigenvalue weighted by molar-refractivity contribution is -0.124. The normalized spacial score (nSPS) is 12.0. The molecule has 0 aliphatic rings. The first-order valence-electron chi connectivity index (χ1n) is 11.4. The van der Waals surface area contributed by atoms with Gasteiger partial charge in [0.1, 0.15) is 29.9 Å². The molecule has 0 aliphatic heterocycles. The van der Waals surface area contributed by atoms with E-state index < -0.39 is 22.4 Å². The number of rotatable bonds is 13. The second-order valence-corrected chi connectivity index (χ2v) is 10.5. The largest absolute Gasteiger partial charge is 0.502 e. The van der Waals surface area contributed by atoms with Gasteiger partial charge in [-0.25, -0.2) is 0 Å². The number of Topliss-reactive ketones (excluding diaryl/α,β-unsaturated/α-hetero) is 2. The molecule has 0 saturated heterocycles. The molecule has 8 nitrogen and oxygen atoms in total. The van der Waals surface area contributed by atoms with Crippen molar-refractivity contribution in [3.63, 3.8) is 0 Å². The molecular formula is C26H34O8.